The molecule has 0 radical (unpaired) electrons. The topological polar surface area (TPSA) is 97.1 Å². The Kier molecular flexibility index (Phi) is 4.63. The predicted molar refractivity (Wildman–Crippen MR) is 70.8 cm³/mol. The normalized spacial score (nSPS) is 11.1. The largest absolute Gasteiger partial charge is 0.472 e. The van der Waals surface area contributed by atoms with Gasteiger partial charge in [-0.2, -0.15) is 18.2 Å². The number of rotatable bonds is 3. The van der Waals surface area contributed by atoms with Gasteiger partial charge in [0.2, 0.25) is 0 Å². The summed E-state index contributed by atoms with van der Waals surface area (Å²) in [5, 5.41) is 3.72. The molecule has 2 rings (SSSR count). The molecule has 2 amide bonds. The second kappa shape index (κ2) is 6.46. The molecule has 0 aliphatic carbocycles. The number of benzene rings is 1. The lowest BCUT2D eigenvalue weighted by Gasteiger charge is -2.09. The molecule has 0 aliphatic rings. The van der Waals surface area contributed by atoms with Crippen LogP contribution in [0.3, 0.4) is 0 Å². The number of carbonyl (C=O) groups excluding carboxylic acids is 2. The number of amides is 2. The molecule has 0 fully saturated rings. The molecule has 2 N–H and O–H groups in total. The van der Waals surface area contributed by atoms with Crippen molar-refractivity contribution in [2.45, 2.75) is 19.5 Å². The maximum absolute atomic E-state index is 12.0. The minimum absolute atomic E-state index is 0.0476. The molecule has 1 aromatic carbocycles. The number of nitrogens with one attached hydrogen (secondary N) is 2. The van der Waals surface area contributed by atoms with Crippen molar-refractivity contribution >= 4 is 11.8 Å². The first-order valence-electron chi connectivity index (χ1n) is 6.41. The average Bonchev–Trinajstić information content (AvgIpc) is 3.00. The fourth-order valence-corrected chi connectivity index (χ4v) is 1.54. The number of hydrogen-bond donors (Lipinski definition) is 2. The van der Waals surface area contributed by atoms with Gasteiger partial charge in [-0.3, -0.25) is 20.4 Å². The van der Waals surface area contributed by atoms with Crippen LogP contribution in [0.5, 0.6) is 0 Å². The van der Waals surface area contributed by atoms with Crippen LogP contribution >= 0.6 is 0 Å². The number of carbonyl (C=O) groups is 2. The van der Waals surface area contributed by atoms with E-state index in [4.69, 9.17) is 4.52 Å². The molecule has 23 heavy (non-hydrogen) atoms. The molecule has 7 nitrogen and oxygen atoms in total. The molecule has 0 unspecified atom stereocenters. The molecule has 122 valence electrons. The summed E-state index contributed by atoms with van der Waals surface area (Å²) < 4.78 is 41.0. The van der Waals surface area contributed by atoms with Crippen molar-refractivity contribution in [1.29, 1.82) is 0 Å². The van der Waals surface area contributed by atoms with E-state index in [2.05, 4.69) is 10.1 Å². The highest BCUT2D eigenvalue weighted by Crippen LogP contribution is 2.18. The smallest absolute Gasteiger partial charge is 0.334 e. The van der Waals surface area contributed by atoms with E-state index in [1.165, 1.54) is 29.7 Å². The van der Waals surface area contributed by atoms with E-state index in [9.17, 15) is 22.8 Å². The summed E-state index contributed by atoms with van der Waals surface area (Å²) in [6, 6.07) is 5.68. The van der Waals surface area contributed by atoms with Crippen LogP contribution in [0, 0.1) is 0 Å². The van der Waals surface area contributed by atoms with Crippen LogP contribution in [0.15, 0.2) is 28.8 Å². The first-order chi connectivity index (χ1) is 10.8. The third kappa shape index (κ3) is 4.05. The van der Waals surface area contributed by atoms with Crippen molar-refractivity contribution in [3.05, 3.63) is 35.7 Å². The summed E-state index contributed by atoms with van der Waals surface area (Å²) >= 11 is 0. The molecule has 1 heterocycles. The maximum Gasteiger partial charge on any atom is 0.472 e. The van der Waals surface area contributed by atoms with E-state index in [1.807, 2.05) is 6.92 Å². The number of hydrogen-bond acceptors (Lipinski definition) is 5. The van der Waals surface area contributed by atoms with Gasteiger partial charge in [-0.1, -0.05) is 12.1 Å². The molecule has 1 aromatic heterocycles. The Morgan fingerprint density at radius 2 is 1.83 bits per heavy atom. The Morgan fingerprint density at radius 1 is 1.17 bits per heavy atom. The first kappa shape index (κ1) is 16.5. The number of nitrogens with zero attached hydrogens (tertiary/aromatic N) is 2. The zero-order valence-electron chi connectivity index (χ0n) is 11.8. The van der Waals surface area contributed by atoms with Gasteiger partial charge in [-0.15, -0.1) is 0 Å². The van der Waals surface area contributed by atoms with Crippen molar-refractivity contribution in [1.82, 2.24) is 21.0 Å². The molecule has 0 atom stereocenters. The number of halogens is 3. The van der Waals surface area contributed by atoms with Crippen LogP contribution in [-0.4, -0.2) is 28.1 Å². The summed E-state index contributed by atoms with van der Waals surface area (Å²) in [7, 11) is 0. The van der Waals surface area contributed by atoms with E-state index >= 15 is 0 Å². The van der Waals surface area contributed by atoms with E-state index in [-0.39, 0.29) is 11.5 Å². The quantitative estimate of drug-likeness (QED) is 0.835. The van der Waals surface area contributed by atoms with Gasteiger partial charge in [0.15, 0.2) is 5.82 Å². The monoisotopic (exact) mass is 328 g/mol. The Hall–Kier alpha value is -2.91. The zero-order valence-corrected chi connectivity index (χ0v) is 11.8. The summed E-state index contributed by atoms with van der Waals surface area (Å²) in [5.74, 6) is -2.37. The Labute approximate surface area is 127 Å². The molecule has 0 saturated carbocycles. The summed E-state index contributed by atoms with van der Waals surface area (Å²) in [5.41, 5.74) is 3.54. The minimum Gasteiger partial charge on any atom is -0.334 e. The second-order valence-electron chi connectivity index (χ2n) is 4.35. The van der Waals surface area contributed by atoms with Gasteiger partial charge in [0.05, 0.1) is 0 Å². The Bertz CT molecular complexity index is 710. The highest BCUT2D eigenvalue weighted by atomic mass is 19.4. The van der Waals surface area contributed by atoms with E-state index in [0.717, 1.165) is 0 Å². The van der Waals surface area contributed by atoms with Crippen molar-refractivity contribution in [2.75, 3.05) is 0 Å². The fraction of sp³-hybridized carbons (Fsp3) is 0.231. The predicted octanol–water partition coefficient (Wildman–Crippen LogP) is 1.62. The Balaban J connectivity index is 2.01. The van der Waals surface area contributed by atoms with Crippen LogP contribution in [0.2, 0.25) is 0 Å². The van der Waals surface area contributed by atoms with Crippen LogP contribution in [0.1, 0.15) is 23.1 Å². The molecule has 0 aliphatic heterocycles. The molecular weight excluding hydrogens is 317 g/mol. The molecule has 0 spiro atoms. The number of alkyl halides is 3. The minimum atomic E-state index is -5.08. The third-order valence-corrected chi connectivity index (χ3v) is 2.73. The first-order valence-corrected chi connectivity index (χ1v) is 6.41. The standard InChI is InChI=1S/C13H11F3N4O3/c1-2-9-17-11(23-20-9)8-5-3-7(4-6-8)10(21)18-19-12(22)13(14,15)16/h3-6H,2H2,1H3,(H,18,21)(H,19,22). The van der Waals surface area contributed by atoms with Gasteiger partial charge in [0, 0.05) is 17.5 Å². The SMILES string of the molecule is CCc1noc(-c2ccc(C(=O)NNC(=O)C(F)(F)F)cc2)n1. The van der Waals surface area contributed by atoms with E-state index < -0.39 is 18.0 Å². The second-order valence-corrected chi connectivity index (χ2v) is 4.35. The summed E-state index contributed by atoms with van der Waals surface area (Å²) in [6.07, 6.45) is -4.48. The summed E-state index contributed by atoms with van der Waals surface area (Å²) in [4.78, 5) is 26.3. The van der Waals surface area contributed by atoms with Gasteiger partial charge in [-0.05, 0) is 24.3 Å². The van der Waals surface area contributed by atoms with Gasteiger partial charge in [0.1, 0.15) is 0 Å². The molecule has 10 heteroatoms. The molecule has 0 bridgehead atoms. The van der Waals surface area contributed by atoms with Crippen molar-refractivity contribution in [3.8, 4) is 11.5 Å². The maximum atomic E-state index is 12.0. The number of hydrazine groups is 1. The lowest BCUT2D eigenvalue weighted by Crippen LogP contribution is -2.47. The average molecular weight is 328 g/mol. The van der Waals surface area contributed by atoms with Crippen LogP contribution in [0.4, 0.5) is 13.2 Å². The fourth-order valence-electron chi connectivity index (χ4n) is 1.54. The molecule has 0 saturated heterocycles. The molecule has 2 aromatic rings. The highest BCUT2D eigenvalue weighted by Gasteiger charge is 2.38. The van der Waals surface area contributed by atoms with Crippen molar-refractivity contribution < 1.29 is 27.3 Å². The van der Waals surface area contributed by atoms with Crippen molar-refractivity contribution in [3.63, 3.8) is 0 Å². The van der Waals surface area contributed by atoms with Gasteiger partial charge < -0.3 is 4.52 Å². The van der Waals surface area contributed by atoms with E-state index in [0.29, 0.717) is 17.8 Å². The van der Waals surface area contributed by atoms with Crippen molar-refractivity contribution in [2.24, 2.45) is 0 Å². The van der Waals surface area contributed by atoms with Crippen LogP contribution in [0.25, 0.3) is 11.5 Å². The van der Waals surface area contributed by atoms with Crippen LogP contribution in [-0.2, 0) is 11.2 Å². The summed E-state index contributed by atoms with van der Waals surface area (Å²) in [6.45, 7) is 1.86. The Morgan fingerprint density at radius 3 is 2.35 bits per heavy atom. The zero-order chi connectivity index (χ0) is 17.0. The highest BCUT2D eigenvalue weighted by molar-refractivity contribution is 5.96. The molecular formula is C13H11F3N4O3. The van der Waals surface area contributed by atoms with Crippen LogP contribution < -0.4 is 10.9 Å². The number of aryl methyl sites for hydroxylation is 1. The number of aromatic nitrogens is 2. The van der Waals surface area contributed by atoms with Gasteiger partial charge >= 0.3 is 12.1 Å². The van der Waals surface area contributed by atoms with E-state index in [1.54, 1.807) is 5.43 Å². The lowest BCUT2D eigenvalue weighted by atomic mass is 10.1. The third-order valence-electron chi connectivity index (χ3n) is 2.73. The van der Waals surface area contributed by atoms with Gasteiger partial charge in [-0.25, -0.2) is 0 Å². The van der Waals surface area contributed by atoms with Gasteiger partial charge in [0.25, 0.3) is 11.8 Å². The lowest BCUT2D eigenvalue weighted by molar-refractivity contribution is -0.174.